The van der Waals surface area contributed by atoms with Crippen LogP contribution in [0, 0.1) is 5.41 Å². The molecular formula is C19H24F3NO6. The van der Waals surface area contributed by atoms with Crippen LogP contribution in [0.25, 0.3) is 0 Å². The van der Waals surface area contributed by atoms with Gasteiger partial charge in [-0.15, -0.1) is 0 Å². The molecule has 1 saturated carbocycles. The van der Waals surface area contributed by atoms with Gasteiger partial charge in [-0.2, -0.15) is 13.2 Å². The number of methoxy groups -OCH3 is 2. The number of aliphatic carboxylic acids is 2. The topological polar surface area (TPSA) is 96.3 Å². The number of carbonyl (C=O) groups is 2. The standard InChI is InChI=1S/C17H23NO4.C2HF3O2/c1-21-13-6-5-12(14(9-13)22-2)10-18-11-17(7-3-4-8-17)15(18)16(19)20;3-2(4,5)1(6)7/h5-6,9,15H,3-4,7-8,10-11H2,1-2H3,(H,19,20);(H,6,7). The van der Waals surface area contributed by atoms with Crippen molar-refractivity contribution < 1.29 is 42.4 Å². The van der Waals surface area contributed by atoms with Gasteiger partial charge in [-0.3, -0.25) is 9.69 Å². The largest absolute Gasteiger partial charge is 0.497 e. The van der Waals surface area contributed by atoms with E-state index in [0.29, 0.717) is 6.54 Å². The van der Waals surface area contributed by atoms with Gasteiger partial charge in [0.15, 0.2) is 0 Å². The number of ether oxygens (including phenoxy) is 2. The smallest absolute Gasteiger partial charge is 0.490 e. The van der Waals surface area contributed by atoms with E-state index < -0.39 is 18.1 Å². The summed E-state index contributed by atoms with van der Waals surface area (Å²) < 4.78 is 42.4. The molecule has 1 spiro atoms. The molecule has 162 valence electrons. The lowest BCUT2D eigenvalue weighted by Gasteiger charge is -2.54. The molecule has 0 radical (unpaired) electrons. The van der Waals surface area contributed by atoms with E-state index in [9.17, 15) is 23.1 Å². The van der Waals surface area contributed by atoms with Crippen molar-refractivity contribution in [1.82, 2.24) is 4.90 Å². The van der Waals surface area contributed by atoms with Gasteiger partial charge in [-0.25, -0.2) is 4.79 Å². The average Bonchev–Trinajstić information content (AvgIpc) is 3.11. The molecule has 1 aromatic rings. The van der Waals surface area contributed by atoms with Crippen LogP contribution in [0.4, 0.5) is 13.2 Å². The molecule has 1 saturated heterocycles. The van der Waals surface area contributed by atoms with Crippen LogP contribution in [0.2, 0.25) is 0 Å². The molecule has 0 amide bonds. The first-order valence-electron chi connectivity index (χ1n) is 9.02. The van der Waals surface area contributed by atoms with E-state index in [2.05, 4.69) is 4.90 Å². The van der Waals surface area contributed by atoms with Gasteiger partial charge in [0.1, 0.15) is 17.5 Å². The highest BCUT2D eigenvalue weighted by atomic mass is 19.4. The van der Waals surface area contributed by atoms with E-state index in [1.165, 1.54) is 0 Å². The van der Waals surface area contributed by atoms with Crippen LogP contribution in [0.5, 0.6) is 11.5 Å². The van der Waals surface area contributed by atoms with Gasteiger partial charge in [0.25, 0.3) is 0 Å². The van der Waals surface area contributed by atoms with Crippen molar-refractivity contribution in [2.45, 2.75) is 44.4 Å². The van der Waals surface area contributed by atoms with Crippen LogP contribution in [-0.4, -0.2) is 60.0 Å². The summed E-state index contributed by atoms with van der Waals surface area (Å²) in [5.41, 5.74) is 1.01. The second kappa shape index (κ2) is 8.89. The molecule has 1 aromatic carbocycles. The van der Waals surface area contributed by atoms with Crippen molar-refractivity contribution in [1.29, 1.82) is 0 Å². The lowest BCUT2D eigenvalue weighted by molar-refractivity contribution is -0.192. The van der Waals surface area contributed by atoms with Crippen molar-refractivity contribution in [2.75, 3.05) is 20.8 Å². The number of halogens is 3. The van der Waals surface area contributed by atoms with Gasteiger partial charge in [-0.05, 0) is 18.9 Å². The number of hydrogen-bond donors (Lipinski definition) is 2. The lowest BCUT2D eigenvalue weighted by Crippen LogP contribution is -2.66. The average molecular weight is 419 g/mol. The molecule has 1 unspecified atom stereocenters. The molecule has 10 heteroatoms. The Morgan fingerprint density at radius 1 is 1.17 bits per heavy atom. The predicted octanol–water partition coefficient (Wildman–Crippen LogP) is 3.17. The van der Waals surface area contributed by atoms with Crippen LogP contribution in [0.15, 0.2) is 18.2 Å². The zero-order valence-corrected chi connectivity index (χ0v) is 16.2. The number of likely N-dealkylation sites (tertiary alicyclic amines) is 1. The van der Waals surface area contributed by atoms with Crippen LogP contribution < -0.4 is 9.47 Å². The third-order valence-electron chi connectivity index (χ3n) is 5.41. The van der Waals surface area contributed by atoms with Crippen molar-refractivity contribution in [2.24, 2.45) is 5.41 Å². The van der Waals surface area contributed by atoms with E-state index in [4.69, 9.17) is 19.4 Å². The van der Waals surface area contributed by atoms with Crippen molar-refractivity contribution in [3.05, 3.63) is 23.8 Å². The zero-order valence-electron chi connectivity index (χ0n) is 16.2. The summed E-state index contributed by atoms with van der Waals surface area (Å²) in [5, 5.41) is 16.7. The monoisotopic (exact) mass is 419 g/mol. The Hall–Kier alpha value is -2.49. The minimum atomic E-state index is -5.08. The van der Waals surface area contributed by atoms with Crippen molar-refractivity contribution >= 4 is 11.9 Å². The molecule has 29 heavy (non-hydrogen) atoms. The minimum Gasteiger partial charge on any atom is -0.497 e. The molecule has 1 heterocycles. The Bertz CT molecular complexity index is 746. The highest BCUT2D eigenvalue weighted by molar-refractivity contribution is 5.76. The highest BCUT2D eigenvalue weighted by Gasteiger charge is 2.57. The van der Waals surface area contributed by atoms with Gasteiger partial charge < -0.3 is 19.7 Å². The Kier molecular flexibility index (Phi) is 6.99. The van der Waals surface area contributed by atoms with Gasteiger partial charge in [0.05, 0.1) is 14.2 Å². The molecule has 1 atom stereocenters. The number of carboxylic acid groups (broad SMARTS) is 2. The molecule has 2 aliphatic rings. The van der Waals surface area contributed by atoms with Gasteiger partial charge in [0.2, 0.25) is 0 Å². The van der Waals surface area contributed by atoms with Crippen molar-refractivity contribution in [3.8, 4) is 11.5 Å². The van der Waals surface area contributed by atoms with Gasteiger partial charge >= 0.3 is 18.1 Å². The van der Waals surface area contributed by atoms with Gasteiger partial charge in [-0.1, -0.05) is 18.9 Å². The summed E-state index contributed by atoms with van der Waals surface area (Å²) in [5.74, 6) is -1.96. The summed E-state index contributed by atoms with van der Waals surface area (Å²) in [6, 6.07) is 5.33. The summed E-state index contributed by atoms with van der Waals surface area (Å²) in [6.45, 7) is 1.48. The summed E-state index contributed by atoms with van der Waals surface area (Å²) in [7, 11) is 3.25. The van der Waals surface area contributed by atoms with E-state index in [0.717, 1.165) is 49.3 Å². The molecule has 7 nitrogen and oxygen atoms in total. The number of carboxylic acids is 2. The maximum absolute atomic E-state index is 11.7. The first kappa shape index (κ1) is 22.8. The molecule has 0 aromatic heterocycles. The van der Waals surface area contributed by atoms with Crippen LogP contribution in [-0.2, 0) is 16.1 Å². The Balaban J connectivity index is 0.000000370. The molecule has 3 rings (SSSR count). The first-order chi connectivity index (χ1) is 13.5. The molecule has 2 N–H and O–H groups in total. The highest BCUT2D eigenvalue weighted by Crippen LogP contribution is 2.51. The summed E-state index contributed by atoms with van der Waals surface area (Å²) in [4.78, 5) is 22.7. The SMILES string of the molecule is COc1ccc(CN2CC3(CCCC3)C2C(=O)O)c(OC)c1.O=C(O)C(F)(F)F. The molecule has 0 bridgehead atoms. The second-order valence-electron chi connectivity index (χ2n) is 7.20. The molecule has 1 aliphatic carbocycles. The van der Waals surface area contributed by atoms with Crippen LogP contribution in [0.1, 0.15) is 31.2 Å². The number of alkyl halides is 3. The maximum atomic E-state index is 11.7. The minimum absolute atomic E-state index is 0.00549. The molecule has 2 fully saturated rings. The van der Waals surface area contributed by atoms with Gasteiger partial charge in [0, 0.05) is 30.1 Å². The maximum Gasteiger partial charge on any atom is 0.490 e. The van der Waals surface area contributed by atoms with E-state index >= 15 is 0 Å². The van der Waals surface area contributed by atoms with Crippen LogP contribution >= 0.6 is 0 Å². The fourth-order valence-corrected chi connectivity index (χ4v) is 4.13. The second-order valence-corrected chi connectivity index (χ2v) is 7.20. The Morgan fingerprint density at radius 2 is 1.76 bits per heavy atom. The fraction of sp³-hybridized carbons (Fsp3) is 0.579. The number of rotatable bonds is 5. The third kappa shape index (κ3) is 5.11. The van der Waals surface area contributed by atoms with Crippen LogP contribution in [0.3, 0.4) is 0 Å². The van der Waals surface area contributed by atoms with E-state index in [1.807, 2.05) is 18.2 Å². The number of hydrogen-bond acceptors (Lipinski definition) is 5. The van der Waals surface area contributed by atoms with Crippen molar-refractivity contribution in [3.63, 3.8) is 0 Å². The molecule has 1 aliphatic heterocycles. The quantitative estimate of drug-likeness (QED) is 0.757. The third-order valence-corrected chi connectivity index (χ3v) is 5.41. The Morgan fingerprint density at radius 3 is 2.21 bits per heavy atom. The summed E-state index contributed by atoms with van der Waals surface area (Å²) >= 11 is 0. The zero-order chi connectivity index (χ0) is 21.8. The lowest BCUT2D eigenvalue weighted by atomic mass is 9.70. The predicted molar refractivity (Wildman–Crippen MR) is 96.0 cm³/mol. The van der Waals surface area contributed by atoms with E-state index in [-0.39, 0.29) is 11.5 Å². The van der Waals surface area contributed by atoms with E-state index in [1.54, 1.807) is 14.2 Å². The molecular weight excluding hydrogens is 395 g/mol. The normalized spacial score (nSPS) is 20.4. The Labute approximate surface area is 166 Å². The first-order valence-corrected chi connectivity index (χ1v) is 9.02. The number of nitrogens with zero attached hydrogens (tertiary/aromatic N) is 1. The summed E-state index contributed by atoms with van der Waals surface area (Å²) in [6.07, 6.45) is -0.687. The fourth-order valence-electron chi connectivity index (χ4n) is 4.13. The number of benzene rings is 1.